The summed E-state index contributed by atoms with van der Waals surface area (Å²) in [5.74, 6) is -0.860. The number of rotatable bonds is 7. The molecule has 0 bridgehead atoms. The summed E-state index contributed by atoms with van der Waals surface area (Å²) in [6.07, 6.45) is 0.812. The van der Waals surface area contributed by atoms with Gasteiger partial charge in [0.1, 0.15) is 23.0 Å². The van der Waals surface area contributed by atoms with Crippen LogP contribution in [0.1, 0.15) is 30.5 Å². The van der Waals surface area contributed by atoms with Gasteiger partial charge >= 0.3 is 5.91 Å². The average molecular weight is 517 g/mol. The molecule has 0 radical (unpaired) electrons. The minimum absolute atomic E-state index is 0.0351. The molecule has 1 aromatic heterocycles. The first-order valence-electron chi connectivity index (χ1n) is 11.7. The number of amides is 1. The number of aromatic nitrogens is 1. The molecule has 1 atom stereocenters. The predicted octanol–water partition coefficient (Wildman–Crippen LogP) is 5.43. The van der Waals surface area contributed by atoms with Crippen molar-refractivity contribution in [3.05, 3.63) is 83.4 Å². The second-order valence-corrected chi connectivity index (χ2v) is 9.48. The molecule has 0 spiro atoms. The lowest BCUT2D eigenvalue weighted by molar-refractivity contribution is -0.132. The fraction of sp³-hybridized carbons (Fsp3) is 0.179. The molecule has 0 aliphatic carbocycles. The van der Waals surface area contributed by atoms with E-state index in [0.717, 1.165) is 11.1 Å². The lowest BCUT2D eigenvalue weighted by atomic mass is 9.95. The van der Waals surface area contributed by atoms with E-state index in [9.17, 15) is 19.8 Å². The number of hydrogen-bond acceptors (Lipinski definition) is 8. The van der Waals surface area contributed by atoms with Crippen molar-refractivity contribution in [3.8, 4) is 17.2 Å². The van der Waals surface area contributed by atoms with Crippen LogP contribution < -0.4 is 14.4 Å². The Morgan fingerprint density at radius 2 is 1.86 bits per heavy atom. The molecule has 2 N–H and O–H groups in total. The minimum atomic E-state index is -1.00. The molecule has 0 saturated carbocycles. The van der Waals surface area contributed by atoms with E-state index < -0.39 is 17.7 Å². The predicted molar refractivity (Wildman–Crippen MR) is 141 cm³/mol. The van der Waals surface area contributed by atoms with Crippen LogP contribution in [-0.4, -0.2) is 40.6 Å². The summed E-state index contributed by atoms with van der Waals surface area (Å²) in [5.41, 5.74) is 1.33. The number of ether oxygens (including phenoxy) is 2. The van der Waals surface area contributed by atoms with Gasteiger partial charge in [-0.3, -0.25) is 14.5 Å². The molecule has 8 nitrogen and oxygen atoms in total. The highest BCUT2D eigenvalue weighted by molar-refractivity contribution is 7.22. The Hall–Kier alpha value is -4.37. The summed E-state index contributed by atoms with van der Waals surface area (Å²) < 4.78 is 11.7. The van der Waals surface area contributed by atoms with E-state index >= 15 is 0 Å². The third-order valence-electron chi connectivity index (χ3n) is 6.00. The van der Waals surface area contributed by atoms with E-state index in [0.29, 0.717) is 34.7 Å². The number of Topliss-reactive ketones (excluding diaryl/α,β-unsaturated/α-hetero) is 1. The number of phenolic OH excluding ortho intramolecular Hbond substituents is 1. The van der Waals surface area contributed by atoms with Crippen LogP contribution in [0, 0.1) is 0 Å². The van der Waals surface area contributed by atoms with Crippen molar-refractivity contribution in [3.63, 3.8) is 0 Å². The largest absolute Gasteiger partial charge is 0.508 e. The van der Waals surface area contributed by atoms with Crippen molar-refractivity contribution < 1.29 is 29.3 Å². The van der Waals surface area contributed by atoms with Gasteiger partial charge in [-0.1, -0.05) is 42.5 Å². The van der Waals surface area contributed by atoms with Crippen LogP contribution in [0.2, 0.25) is 0 Å². The first-order valence-corrected chi connectivity index (χ1v) is 12.5. The number of thiazole rings is 1. The lowest BCUT2D eigenvalue weighted by Crippen LogP contribution is -2.29. The summed E-state index contributed by atoms with van der Waals surface area (Å²) in [6.45, 7) is 2.49. The second-order valence-electron chi connectivity index (χ2n) is 8.47. The smallest absolute Gasteiger partial charge is 0.301 e. The molecule has 9 heteroatoms. The standard InChI is InChI=1S/C28H24N2O6S/c1-3-12-36-20-9-5-7-17(14-20)25(32)23-24(16-6-4-8-18(31)13-16)30(27(34)26(23)33)28-29-21-11-10-19(35-2)15-22(21)37-28/h4-11,13-15,24,31-32H,3,12H2,1-2H3. The van der Waals surface area contributed by atoms with Gasteiger partial charge in [-0.2, -0.15) is 0 Å². The molecule has 1 fully saturated rings. The average Bonchev–Trinajstić information content (AvgIpc) is 3.44. The van der Waals surface area contributed by atoms with Crippen LogP contribution in [0.3, 0.4) is 0 Å². The third kappa shape index (κ3) is 4.49. The van der Waals surface area contributed by atoms with E-state index in [1.54, 1.807) is 61.7 Å². The molecule has 1 amide bonds. The number of aliphatic hydroxyl groups is 1. The highest BCUT2D eigenvalue weighted by atomic mass is 32.1. The van der Waals surface area contributed by atoms with E-state index in [1.165, 1.54) is 28.4 Å². The van der Waals surface area contributed by atoms with E-state index in [4.69, 9.17) is 9.47 Å². The summed E-state index contributed by atoms with van der Waals surface area (Å²) in [7, 11) is 1.56. The van der Waals surface area contributed by atoms with E-state index in [-0.39, 0.29) is 22.2 Å². The lowest BCUT2D eigenvalue weighted by Gasteiger charge is -2.23. The van der Waals surface area contributed by atoms with Gasteiger partial charge in [-0.15, -0.1) is 0 Å². The number of methoxy groups -OCH3 is 1. The maximum Gasteiger partial charge on any atom is 0.301 e. The first kappa shape index (κ1) is 24.3. The monoisotopic (exact) mass is 516 g/mol. The Kier molecular flexibility index (Phi) is 6.54. The Balaban J connectivity index is 1.68. The van der Waals surface area contributed by atoms with Crippen molar-refractivity contribution >= 4 is 44.1 Å². The maximum atomic E-state index is 13.4. The molecule has 37 heavy (non-hydrogen) atoms. The fourth-order valence-corrected chi connectivity index (χ4v) is 5.29. The van der Waals surface area contributed by atoms with E-state index in [2.05, 4.69) is 4.98 Å². The highest BCUT2D eigenvalue weighted by Crippen LogP contribution is 2.45. The summed E-state index contributed by atoms with van der Waals surface area (Å²) in [4.78, 5) is 32.7. The zero-order valence-corrected chi connectivity index (χ0v) is 21.0. The van der Waals surface area contributed by atoms with Crippen molar-refractivity contribution in [2.75, 3.05) is 18.6 Å². The number of aliphatic hydroxyl groups excluding tert-OH is 1. The first-order chi connectivity index (χ1) is 17.9. The number of hydrogen-bond donors (Lipinski definition) is 2. The third-order valence-corrected chi connectivity index (χ3v) is 7.02. The SMILES string of the molecule is CCCOc1cccc(C(O)=C2C(=O)C(=O)N(c3nc4ccc(OC)cc4s3)C2c2cccc(O)c2)c1. The molecule has 3 aromatic carbocycles. The van der Waals surface area contributed by atoms with Gasteiger partial charge in [0.15, 0.2) is 5.13 Å². The zero-order chi connectivity index (χ0) is 26.1. The van der Waals surface area contributed by atoms with Gasteiger partial charge in [-0.05, 0) is 54.4 Å². The molecule has 1 saturated heterocycles. The van der Waals surface area contributed by atoms with Gasteiger partial charge in [0.25, 0.3) is 5.78 Å². The molecule has 5 rings (SSSR count). The van der Waals surface area contributed by atoms with Gasteiger partial charge in [-0.25, -0.2) is 4.98 Å². The maximum absolute atomic E-state index is 13.4. The van der Waals surface area contributed by atoms with Gasteiger partial charge in [0.05, 0.1) is 35.5 Å². The molecular formula is C28H24N2O6S. The normalized spacial score (nSPS) is 16.9. The molecule has 1 unspecified atom stereocenters. The van der Waals surface area contributed by atoms with Crippen molar-refractivity contribution in [1.82, 2.24) is 4.98 Å². The Morgan fingerprint density at radius 1 is 1.05 bits per heavy atom. The zero-order valence-electron chi connectivity index (χ0n) is 20.2. The molecular weight excluding hydrogens is 492 g/mol. The number of fused-ring (bicyclic) bond motifs is 1. The number of benzene rings is 3. The molecule has 188 valence electrons. The highest BCUT2D eigenvalue weighted by Gasteiger charge is 2.48. The van der Waals surface area contributed by atoms with Crippen molar-refractivity contribution in [1.29, 1.82) is 0 Å². The van der Waals surface area contributed by atoms with Gasteiger partial charge in [0, 0.05) is 5.56 Å². The summed E-state index contributed by atoms with van der Waals surface area (Å²) >= 11 is 1.23. The Labute approximate surface area is 217 Å². The number of carbonyl (C=O) groups excluding carboxylic acids is 2. The van der Waals surface area contributed by atoms with Crippen LogP contribution in [-0.2, 0) is 9.59 Å². The van der Waals surface area contributed by atoms with Crippen molar-refractivity contribution in [2.45, 2.75) is 19.4 Å². The van der Waals surface area contributed by atoms with Gasteiger partial charge < -0.3 is 19.7 Å². The summed E-state index contributed by atoms with van der Waals surface area (Å²) in [6, 6.07) is 17.3. The number of anilines is 1. The fourth-order valence-electron chi connectivity index (χ4n) is 4.27. The van der Waals surface area contributed by atoms with Crippen molar-refractivity contribution in [2.24, 2.45) is 0 Å². The van der Waals surface area contributed by atoms with Crippen LogP contribution in [0.5, 0.6) is 17.2 Å². The molecule has 1 aliphatic heterocycles. The Bertz CT molecular complexity index is 1540. The topological polar surface area (TPSA) is 109 Å². The summed E-state index contributed by atoms with van der Waals surface area (Å²) in [5, 5.41) is 21.8. The number of carbonyl (C=O) groups is 2. The van der Waals surface area contributed by atoms with Gasteiger partial charge in [0.2, 0.25) is 0 Å². The molecule has 2 heterocycles. The minimum Gasteiger partial charge on any atom is -0.508 e. The van der Waals surface area contributed by atoms with Crippen LogP contribution in [0.25, 0.3) is 16.0 Å². The molecule has 1 aliphatic rings. The Morgan fingerprint density at radius 3 is 2.62 bits per heavy atom. The molecule has 4 aromatic rings. The number of aromatic hydroxyl groups is 1. The number of nitrogens with zero attached hydrogens (tertiary/aromatic N) is 2. The number of ketones is 1. The van der Waals surface area contributed by atoms with Crippen LogP contribution in [0.4, 0.5) is 5.13 Å². The number of phenols is 1. The van der Waals surface area contributed by atoms with Crippen LogP contribution in [0.15, 0.2) is 72.3 Å². The van der Waals surface area contributed by atoms with Crippen LogP contribution >= 0.6 is 11.3 Å². The quantitative estimate of drug-likeness (QED) is 0.192. The second kappa shape index (κ2) is 9.94. The van der Waals surface area contributed by atoms with E-state index in [1.807, 2.05) is 6.92 Å².